The van der Waals surface area contributed by atoms with Gasteiger partial charge in [-0.1, -0.05) is 18.2 Å². The van der Waals surface area contributed by atoms with Gasteiger partial charge in [-0.3, -0.25) is 4.79 Å². The number of carbonyl (C=O) groups excluding carboxylic acids is 1. The Morgan fingerprint density at radius 3 is 2.65 bits per heavy atom. The average molecular weight is 252 g/mol. The number of rotatable bonds is 4. The lowest BCUT2D eigenvalue weighted by Gasteiger charge is -2.19. The van der Waals surface area contributed by atoms with Gasteiger partial charge in [-0.25, -0.2) is 0 Å². The average Bonchev–Trinajstić information content (AvgIpc) is 2.30. The Hall–Kier alpha value is -1.62. The molecule has 0 amide bonds. The summed E-state index contributed by atoms with van der Waals surface area (Å²) in [6.45, 7) is 2.30. The van der Waals surface area contributed by atoms with Crippen molar-refractivity contribution in [3.8, 4) is 0 Å². The third-order valence-electron chi connectivity index (χ3n) is 2.04. The summed E-state index contributed by atoms with van der Waals surface area (Å²) in [6.07, 6.45) is 0. The third-order valence-corrected chi connectivity index (χ3v) is 2.46. The molecule has 0 atom stereocenters. The summed E-state index contributed by atoms with van der Waals surface area (Å²) in [5.74, 6) is -0.285. The molecule has 0 aliphatic heterocycles. The summed E-state index contributed by atoms with van der Waals surface area (Å²) >= 11 is 5.17. The lowest BCUT2D eigenvalue weighted by atomic mass is 10.3. The molecule has 0 radical (unpaired) electrons. The second kappa shape index (κ2) is 6.85. The minimum atomic E-state index is -0.285. The van der Waals surface area contributed by atoms with Crippen molar-refractivity contribution in [3.63, 3.8) is 0 Å². The SMILES string of the molecule is CCOC(=O)CN(C)C(=S)Nc1ccccc1. The highest BCUT2D eigenvalue weighted by molar-refractivity contribution is 7.80. The fourth-order valence-corrected chi connectivity index (χ4v) is 1.39. The molecule has 1 N–H and O–H groups in total. The topological polar surface area (TPSA) is 41.6 Å². The molecule has 4 nitrogen and oxygen atoms in total. The molecular formula is C12H16N2O2S. The van der Waals surface area contributed by atoms with Gasteiger partial charge in [-0.2, -0.15) is 0 Å². The molecule has 0 bridgehead atoms. The molecule has 92 valence electrons. The predicted octanol–water partition coefficient (Wildman–Crippen LogP) is 1.88. The molecule has 5 heteroatoms. The van der Waals surface area contributed by atoms with Crippen molar-refractivity contribution >= 4 is 29.0 Å². The number of nitrogens with one attached hydrogen (secondary N) is 1. The molecule has 1 aromatic carbocycles. The van der Waals surface area contributed by atoms with E-state index < -0.39 is 0 Å². The Bertz CT molecular complexity index is 381. The van der Waals surface area contributed by atoms with E-state index in [0.29, 0.717) is 11.7 Å². The minimum absolute atomic E-state index is 0.145. The maximum absolute atomic E-state index is 11.3. The van der Waals surface area contributed by atoms with Crippen molar-refractivity contribution in [1.82, 2.24) is 4.90 Å². The van der Waals surface area contributed by atoms with Crippen LogP contribution in [-0.4, -0.2) is 36.2 Å². The smallest absolute Gasteiger partial charge is 0.325 e. The molecule has 0 spiro atoms. The van der Waals surface area contributed by atoms with Crippen LogP contribution in [0.1, 0.15) is 6.92 Å². The summed E-state index contributed by atoms with van der Waals surface area (Å²) in [5, 5.41) is 3.53. The first kappa shape index (κ1) is 13.4. The predicted molar refractivity (Wildman–Crippen MR) is 71.9 cm³/mol. The summed E-state index contributed by atoms with van der Waals surface area (Å²) in [5.41, 5.74) is 0.896. The first-order valence-corrected chi connectivity index (χ1v) is 5.77. The van der Waals surface area contributed by atoms with Crippen molar-refractivity contribution in [2.24, 2.45) is 0 Å². The van der Waals surface area contributed by atoms with Gasteiger partial charge < -0.3 is 15.0 Å². The molecule has 0 unspecified atom stereocenters. The zero-order valence-corrected chi connectivity index (χ0v) is 10.8. The second-order valence-corrected chi connectivity index (χ2v) is 3.84. The Labute approximate surface area is 107 Å². The van der Waals surface area contributed by atoms with E-state index in [4.69, 9.17) is 17.0 Å². The van der Waals surface area contributed by atoms with E-state index in [1.165, 1.54) is 0 Å². The Balaban J connectivity index is 2.45. The Morgan fingerprint density at radius 1 is 1.41 bits per heavy atom. The first-order valence-electron chi connectivity index (χ1n) is 5.36. The van der Waals surface area contributed by atoms with Crippen LogP contribution in [0.5, 0.6) is 0 Å². The highest BCUT2D eigenvalue weighted by atomic mass is 32.1. The Kier molecular flexibility index (Phi) is 5.42. The number of nitrogens with zero attached hydrogens (tertiary/aromatic N) is 1. The standard InChI is InChI=1S/C12H16N2O2S/c1-3-16-11(15)9-14(2)12(17)13-10-7-5-4-6-8-10/h4-8H,3,9H2,1-2H3,(H,13,17). The fraction of sp³-hybridized carbons (Fsp3) is 0.333. The normalized spacial score (nSPS) is 9.53. The van der Waals surface area contributed by atoms with Crippen molar-refractivity contribution in [2.75, 3.05) is 25.5 Å². The zero-order chi connectivity index (χ0) is 12.7. The van der Waals surface area contributed by atoms with E-state index in [1.807, 2.05) is 30.3 Å². The van der Waals surface area contributed by atoms with Crippen LogP contribution in [0.2, 0.25) is 0 Å². The highest BCUT2D eigenvalue weighted by Gasteiger charge is 2.10. The summed E-state index contributed by atoms with van der Waals surface area (Å²) in [4.78, 5) is 12.9. The van der Waals surface area contributed by atoms with Crippen LogP contribution in [0, 0.1) is 0 Å². The molecular weight excluding hydrogens is 236 g/mol. The van der Waals surface area contributed by atoms with E-state index in [1.54, 1.807) is 18.9 Å². The van der Waals surface area contributed by atoms with Crippen molar-refractivity contribution in [2.45, 2.75) is 6.92 Å². The van der Waals surface area contributed by atoms with Crippen LogP contribution in [0.25, 0.3) is 0 Å². The number of esters is 1. The molecule has 1 aromatic rings. The van der Waals surface area contributed by atoms with Crippen molar-refractivity contribution in [3.05, 3.63) is 30.3 Å². The molecule has 0 aliphatic rings. The lowest BCUT2D eigenvalue weighted by Crippen LogP contribution is -2.36. The number of hydrogen-bond donors (Lipinski definition) is 1. The molecule has 1 rings (SSSR count). The fourth-order valence-electron chi connectivity index (χ4n) is 1.21. The van der Waals surface area contributed by atoms with Crippen LogP contribution in [0.4, 0.5) is 5.69 Å². The maximum atomic E-state index is 11.3. The first-order chi connectivity index (χ1) is 8.13. The van der Waals surface area contributed by atoms with Gasteiger partial charge in [0, 0.05) is 12.7 Å². The van der Waals surface area contributed by atoms with Gasteiger partial charge in [0.25, 0.3) is 0 Å². The van der Waals surface area contributed by atoms with E-state index in [2.05, 4.69) is 5.32 Å². The molecule has 0 aliphatic carbocycles. The monoisotopic (exact) mass is 252 g/mol. The van der Waals surface area contributed by atoms with E-state index in [0.717, 1.165) is 5.69 Å². The quantitative estimate of drug-likeness (QED) is 0.654. The summed E-state index contributed by atoms with van der Waals surface area (Å²) < 4.78 is 4.84. The number of ether oxygens (including phenoxy) is 1. The number of benzene rings is 1. The van der Waals surface area contributed by atoms with Gasteiger partial charge in [-0.05, 0) is 31.3 Å². The minimum Gasteiger partial charge on any atom is -0.465 e. The van der Waals surface area contributed by atoms with Gasteiger partial charge in [0.2, 0.25) is 0 Å². The molecule has 17 heavy (non-hydrogen) atoms. The van der Waals surface area contributed by atoms with Crippen LogP contribution < -0.4 is 5.32 Å². The molecule has 0 fully saturated rings. The lowest BCUT2D eigenvalue weighted by molar-refractivity contribution is -0.143. The van der Waals surface area contributed by atoms with Crippen LogP contribution >= 0.6 is 12.2 Å². The molecule has 0 heterocycles. The number of anilines is 1. The van der Waals surface area contributed by atoms with Crippen LogP contribution in [0.3, 0.4) is 0 Å². The maximum Gasteiger partial charge on any atom is 0.325 e. The highest BCUT2D eigenvalue weighted by Crippen LogP contribution is 2.06. The van der Waals surface area contributed by atoms with Gasteiger partial charge in [0.15, 0.2) is 5.11 Å². The van der Waals surface area contributed by atoms with Gasteiger partial charge in [0.1, 0.15) is 6.54 Å². The molecule has 0 saturated carbocycles. The van der Waals surface area contributed by atoms with Crippen molar-refractivity contribution < 1.29 is 9.53 Å². The van der Waals surface area contributed by atoms with E-state index >= 15 is 0 Å². The third kappa shape index (κ3) is 4.82. The van der Waals surface area contributed by atoms with E-state index in [9.17, 15) is 4.79 Å². The van der Waals surface area contributed by atoms with Gasteiger partial charge >= 0.3 is 5.97 Å². The van der Waals surface area contributed by atoms with Crippen molar-refractivity contribution in [1.29, 1.82) is 0 Å². The zero-order valence-electron chi connectivity index (χ0n) is 9.97. The van der Waals surface area contributed by atoms with Crippen LogP contribution in [-0.2, 0) is 9.53 Å². The van der Waals surface area contributed by atoms with E-state index in [-0.39, 0.29) is 12.5 Å². The molecule has 0 aromatic heterocycles. The Morgan fingerprint density at radius 2 is 2.06 bits per heavy atom. The number of likely N-dealkylation sites (N-methyl/N-ethyl adjacent to an activating group) is 1. The van der Waals surface area contributed by atoms with Gasteiger partial charge in [-0.15, -0.1) is 0 Å². The second-order valence-electron chi connectivity index (χ2n) is 3.46. The molecule has 0 saturated heterocycles. The van der Waals surface area contributed by atoms with Crippen LogP contribution in [0.15, 0.2) is 30.3 Å². The number of thiocarbonyl (C=S) groups is 1. The number of carbonyl (C=O) groups is 1. The number of hydrogen-bond acceptors (Lipinski definition) is 3. The summed E-state index contributed by atoms with van der Waals surface area (Å²) in [7, 11) is 1.75. The number of para-hydroxylation sites is 1. The largest absolute Gasteiger partial charge is 0.465 e. The van der Waals surface area contributed by atoms with Gasteiger partial charge in [0.05, 0.1) is 6.61 Å². The summed E-state index contributed by atoms with van der Waals surface area (Å²) in [6, 6.07) is 9.57.